The summed E-state index contributed by atoms with van der Waals surface area (Å²) < 4.78 is 0. The van der Waals surface area contributed by atoms with E-state index in [-0.39, 0.29) is 5.91 Å². The molecule has 1 amide bonds. The number of hydrogen-bond acceptors (Lipinski definition) is 5. The second-order valence-corrected chi connectivity index (χ2v) is 2.56. The Morgan fingerprint density at radius 2 is 2.23 bits per heavy atom. The van der Waals surface area contributed by atoms with Crippen molar-refractivity contribution in [2.45, 2.75) is 6.42 Å². The van der Waals surface area contributed by atoms with E-state index >= 15 is 0 Å². The maximum absolute atomic E-state index is 11.3. The van der Waals surface area contributed by atoms with Crippen molar-refractivity contribution in [1.82, 2.24) is 0 Å². The Morgan fingerprint density at radius 3 is 3.00 bits per heavy atom. The quantitative estimate of drug-likeness (QED) is 0.643. The smallest absolute Gasteiger partial charge is 0.284 e. The first-order chi connectivity index (χ1) is 6.33. The van der Waals surface area contributed by atoms with Gasteiger partial charge in [0, 0.05) is 6.42 Å². The average Bonchev–Trinajstić information content (AvgIpc) is 2.51. The van der Waals surface area contributed by atoms with Crippen LogP contribution in [0.15, 0.2) is 31.5 Å². The summed E-state index contributed by atoms with van der Waals surface area (Å²) in [5.41, 5.74) is 6.33. The second kappa shape index (κ2) is 2.98. The third-order valence-corrected chi connectivity index (χ3v) is 1.73. The maximum Gasteiger partial charge on any atom is 0.284 e. The van der Waals surface area contributed by atoms with Gasteiger partial charge in [0.15, 0.2) is 5.84 Å². The van der Waals surface area contributed by atoms with Crippen molar-refractivity contribution in [3.8, 4) is 0 Å². The molecule has 0 saturated carbocycles. The second-order valence-electron chi connectivity index (χ2n) is 2.56. The molecule has 0 unspecified atom stereocenters. The van der Waals surface area contributed by atoms with Gasteiger partial charge < -0.3 is 5.73 Å². The molecule has 2 aliphatic heterocycles. The van der Waals surface area contributed by atoms with E-state index in [9.17, 15) is 4.79 Å². The van der Waals surface area contributed by atoms with Crippen molar-refractivity contribution in [2.75, 3.05) is 6.54 Å². The Bertz CT molecular complexity index is 376. The highest BCUT2D eigenvalue weighted by molar-refractivity contribution is 6.27. The van der Waals surface area contributed by atoms with E-state index in [1.165, 1.54) is 6.34 Å². The van der Waals surface area contributed by atoms with Crippen LogP contribution in [0.3, 0.4) is 0 Å². The Labute approximate surface area is 74.0 Å². The summed E-state index contributed by atoms with van der Waals surface area (Å²) >= 11 is 0. The van der Waals surface area contributed by atoms with Crippen LogP contribution in [0.1, 0.15) is 6.42 Å². The summed E-state index contributed by atoms with van der Waals surface area (Å²) in [7, 11) is 0. The van der Waals surface area contributed by atoms with Crippen molar-refractivity contribution >= 4 is 18.1 Å². The third kappa shape index (κ3) is 1.20. The molecule has 0 aromatic carbocycles. The van der Waals surface area contributed by atoms with Gasteiger partial charge >= 0.3 is 0 Å². The minimum Gasteiger partial charge on any atom is -0.330 e. The van der Waals surface area contributed by atoms with Crippen molar-refractivity contribution < 1.29 is 4.79 Å². The SMILES string of the molecule is NCCC1=C2C(=O)N=CN=C2N=N1. The topological polar surface area (TPSA) is 92.5 Å². The molecule has 0 aromatic rings. The first kappa shape index (κ1) is 7.93. The van der Waals surface area contributed by atoms with Crippen molar-refractivity contribution in [3.05, 3.63) is 11.3 Å². The number of aliphatic imine (C=N–C) groups is 2. The standard InChI is InChI=1S/C7H7N5O/c8-2-1-4-5-6(12-11-4)9-3-10-7(5)13/h3H,1-2,8H2. The number of amidine groups is 1. The normalized spacial score (nSPS) is 19.5. The van der Waals surface area contributed by atoms with E-state index in [1.807, 2.05) is 0 Å². The molecule has 2 rings (SSSR count). The third-order valence-electron chi connectivity index (χ3n) is 1.73. The molecule has 0 aliphatic carbocycles. The van der Waals surface area contributed by atoms with Crippen LogP contribution in [0.25, 0.3) is 0 Å². The molecular formula is C7H7N5O. The van der Waals surface area contributed by atoms with Crippen LogP contribution in [-0.4, -0.2) is 24.6 Å². The Balaban J connectivity index is 2.41. The average molecular weight is 177 g/mol. The summed E-state index contributed by atoms with van der Waals surface area (Å²) in [5.74, 6) is 0.0156. The van der Waals surface area contributed by atoms with E-state index in [0.29, 0.717) is 30.1 Å². The van der Waals surface area contributed by atoms with E-state index in [1.54, 1.807) is 0 Å². The van der Waals surface area contributed by atoms with Crippen LogP contribution < -0.4 is 5.73 Å². The molecule has 2 aliphatic rings. The lowest BCUT2D eigenvalue weighted by atomic mass is 10.1. The molecule has 0 saturated heterocycles. The highest BCUT2D eigenvalue weighted by Gasteiger charge is 2.26. The van der Waals surface area contributed by atoms with Gasteiger partial charge in [-0.1, -0.05) is 0 Å². The highest BCUT2D eigenvalue weighted by Crippen LogP contribution is 2.22. The Kier molecular flexibility index (Phi) is 1.82. The zero-order valence-corrected chi connectivity index (χ0v) is 6.77. The van der Waals surface area contributed by atoms with Crippen molar-refractivity contribution in [3.63, 3.8) is 0 Å². The van der Waals surface area contributed by atoms with E-state index in [4.69, 9.17) is 5.73 Å². The number of fused-ring (bicyclic) bond motifs is 1. The molecule has 0 radical (unpaired) electrons. The number of hydrogen-bond donors (Lipinski definition) is 1. The molecule has 2 heterocycles. The van der Waals surface area contributed by atoms with Crippen LogP contribution in [0.2, 0.25) is 0 Å². The summed E-state index contributed by atoms with van der Waals surface area (Å²) in [6.07, 6.45) is 1.71. The van der Waals surface area contributed by atoms with Gasteiger partial charge in [-0.3, -0.25) is 4.79 Å². The first-order valence-electron chi connectivity index (χ1n) is 3.83. The number of carbonyl (C=O) groups excluding carboxylic acids is 1. The molecule has 0 aromatic heterocycles. The molecule has 2 N–H and O–H groups in total. The fourth-order valence-corrected chi connectivity index (χ4v) is 1.16. The van der Waals surface area contributed by atoms with Gasteiger partial charge in [-0.2, -0.15) is 10.1 Å². The van der Waals surface area contributed by atoms with Crippen LogP contribution in [-0.2, 0) is 4.79 Å². The fourth-order valence-electron chi connectivity index (χ4n) is 1.16. The van der Waals surface area contributed by atoms with Crippen LogP contribution in [0.5, 0.6) is 0 Å². The molecular weight excluding hydrogens is 170 g/mol. The summed E-state index contributed by atoms with van der Waals surface area (Å²) in [4.78, 5) is 18.6. The zero-order valence-electron chi connectivity index (χ0n) is 6.77. The van der Waals surface area contributed by atoms with Gasteiger partial charge in [0.25, 0.3) is 5.91 Å². The van der Waals surface area contributed by atoms with E-state index in [0.717, 1.165) is 0 Å². The highest BCUT2D eigenvalue weighted by atomic mass is 16.1. The van der Waals surface area contributed by atoms with Gasteiger partial charge in [-0.05, 0) is 6.54 Å². The monoisotopic (exact) mass is 177 g/mol. The van der Waals surface area contributed by atoms with E-state index < -0.39 is 0 Å². The summed E-state index contributed by atoms with van der Waals surface area (Å²) in [6.45, 7) is 0.433. The molecule has 0 bridgehead atoms. The molecule has 66 valence electrons. The minimum atomic E-state index is -0.335. The number of rotatable bonds is 2. The van der Waals surface area contributed by atoms with E-state index in [2.05, 4.69) is 20.2 Å². The lowest BCUT2D eigenvalue weighted by Gasteiger charge is -2.01. The zero-order chi connectivity index (χ0) is 9.26. The van der Waals surface area contributed by atoms with Crippen molar-refractivity contribution in [2.24, 2.45) is 25.9 Å². The summed E-state index contributed by atoms with van der Waals surface area (Å²) in [5, 5.41) is 7.55. The molecule has 0 spiro atoms. The van der Waals surface area contributed by atoms with Gasteiger partial charge in [-0.15, -0.1) is 5.11 Å². The predicted molar refractivity (Wildman–Crippen MR) is 46.5 cm³/mol. The Hall–Kier alpha value is -1.69. The molecule has 0 atom stereocenters. The summed E-state index contributed by atoms with van der Waals surface area (Å²) in [6, 6.07) is 0. The molecule has 13 heavy (non-hydrogen) atoms. The number of amides is 1. The maximum atomic E-state index is 11.3. The van der Waals surface area contributed by atoms with Crippen LogP contribution in [0, 0.1) is 0 Å². The molecule has 6 heteroatoms. The number of azo groups is 1. The number of nitrogens with two attached hydrogens (primary N) is 1. The van der Waals surface area contributed by atoms with Gasteiger partial charge in [0.1, 0.15) is 11.9 Å². The van der Waals surface area contributed by atoms with Crippen LogP contribution in [0.4, 0.5) is 0 Å². The predicted octanol–water partition coefficient (Wildman–Crippen LogP) is 0.0221. The first-order valence-corrected chi connectivity index (χ1v) is 3.83. The lowest BCUT2D eigenvalue weighted by molar-refractivity contribution is -0.113. The Morgan fingerprint density at radius 1 is 1.38 bits per heavy atom. The van der Waals surface area contributed by atoms with Crippen molar-refractivity contribution in [1.29, 1.82) is 0 Å². The molecule has 0 fully saturated rings. The van der Waals surface area contributed by atoms with Gasteiger partial charge in [-0.25, -0.2) is 4.99 Å². The number of carbonyl (C=O) groups is 1. The van der Waals surface area contributed by atoms with Crippen LogP contribution >= 0.6 is 0 Å². The molecule has 6 nitrogen and oxygen atoms in total. The number of nitrogens with zero attached hydrogens (tertiary/aromatic N) is 4. The fraction of sp³-hybridized carbons (Fsp3) is 0.286. The van der Waals surface area contributed by atoms with Gasteiger partial charge in [0.2, 0.25) is 0 Å². The lowest BCUT2D eigenvalue weighted by Crippen LogP contribution is -2.13. The van der Waals surface area contributed by atoms with Gasteiger partial charge in [0.05, 0.1) is 5.70 Å². The minimum absolute atomic E-state index is 0.335. The largest absolute Gasteiger partial charge is 0.330 e.